The Labute approximate surface area is 99.8 Å². The maximum atomic E-state index is 13.5. The number of rotatable bonds is 2. The van der Waals surface area contributed by atoms with E-state index in [-0.39, 0.29) is 5.41 Å². The van der Waals surface area contributed by atoms with Crippen LogP contribution < -0.4 is 0 Å². The molecule has 0 spiro atoms. The molecule has 3 heteroatoms. The minimum Gasteiger partial charge on any atom is -0.359 e. The highest BCUT2D eigenvalue weighted by atomic mass is 19.1. The maximum Gasteiger partial charge on any atom is 0.150 e. The van der Waals surface area contributed by atoms with E-state index in [1.54, 1.807) is 6.20 Å². The second kappa shape index (κ2) is 4.13. The zero-order valence-corrected chi connectivity index (χ0v) is 10.4. The summed E-state index contributed by atoms with van der Waals surface area (Å²) in [5.41, 5.74) is 1.60. The van der Waals surface area contributed by atoms with Crippen molar-refractivity contribution < 1.29 is 8.78 Å². The first-order chi connectivity index (χ1) is 7.87. The van der Waals surface area contributed by atoms with Crippen LogP contribution in [-0.2, 0) is 6.42 Å². The number of halogens is 2. The third kappa shape index (κ3) is 2.65. The molecule has 0 radical (unpaired) electrons. The number of fused-ring (bicyclic) bond motifs is 1. The Kier molecular flexibility index (Phi) is 2.94. The van der Waals surface area contributed by atoms with Crippen LogP contribution >= 0.6 is 0 Å². The highest BCUT2D eigenvalue weighted by molar-refractivity contribution is 5.83. The summed E-state index contributed by atoms with van der Waals surface area (Å²) in [6.07, 6.45) is 3.59. The molecule has 1 nitrogen and oxygen atoms in total. The lowest BCUT2D eigenvalue weighted by atomic mass is 9.88. The van der Waals surface area contributed by atoms with Crippen LogP contribution in [0, 0.1) is 17.0 Å². The molecule has 0 saturated heterocycles. The molecule has 1 heterocycles. The predicted octanol–water partition coefficient (Wildman–Crippen LogP) is 4.42. The molecule has 0 amide bonds. The smallest absolute Gasteiger partial charge is 0.150 e. The van der Waals surface area contributed by atoms with Crippen LogP contribution in [0.25, 0.3) is 10.9 Å². The molecule has 0 saturated carbocycles. The summed E-state index contributed by atoms with van der Waals surface area (Å²) in [6, 6.07) is 2.30. The quantitative estimate of drug-likeness (QED) is 0.795. The number of nitrogens with one attached hydrogen (secondary N) is 1. The summed E-state index contributed by atoms with van der Waals surface area (Å²) in [4.78, 5) is 2.88. The molecule has 1 aromatic heterocycles. The van der Waals surface area contributed by atoms with Gasteiger partial charge < -0.3 is 4.98 Å². The molecule has 2 aromatic rings. The summed E-state index contributed by atoms with van der Waals surface area (Å²) in [6.45, 7) is 6.47. The zero-order valence-electron chi connectivity index (χ0n) is 10.4. The van der Waals surface area contributed by atoms with E-state index < -0.39 is 11.6 Å². The fraction of sp³-hybridized carbons (Fsp3) is 0.429. The Hall–Kier alpha value is -1.38. The van der Waals surface area contributed by atoms with Gasteiger partial charge in [0.2, 0.25) is 0 Å². The Morgan fingerprint density at radius 1 is 1.18 bits per heavy atom. The monoisotopic (exact) mass is 237 g/mol. The Bertz CT molecular complexity index is 535. The van der Waals surface area contributed by atoms with Crippen molar-refractivity contribution in [2.45, 2.75) is 33.6 Å². The average Bonchev–Trinajstić information content (AvgIpc) is 2.57. The van der Waals surface area contributed by atoms with Crippen LogP contribution in [0.1, 0.15) is 32.8 Å². The molecule has 0 bridgehead atoms. The van der Waals surface area contributed by atoms with Gasteiger partial charge in [-0.25, -0.2) is 8.78 Å². The molecule has 0 atom stereocenters. The lowest BCUT2D eigenvalue weighted by molar-refractivity contribution is 0.378. The van der Waals surface area contributed by atoms with Gasteiger partial charge in [-0.15, -0.1) is 0 Å². The molecular weight excluding hydrogens is 220 g/mol. The van der Waals surface area contributed by atoms with Crippen LogP contribution in [0.2, 0.25) is 0 Å². The van der Waals surface area contributed by atoms with Gasteiger partial charge in [0.25, 0.3) is 0 Å². The maximum absolute atomic E-state index is 13.5. The largest absolute Gasteiger partial charge is 0.359 e. The van der Waals surface area contributed by atoms with Crippen molar-refractivity contribution in [3.05, 3.63) is 35.5 Å². The third-order valence-electron chi connectivity index (χ3n) is 2.94. The van der Waals surface area contributed by atoms with E-state index in [1.165, 1.54) is 6.07 Å². The van der Waals surface area contributed by atoms with Crippen LogP contribution in [0.15, 0.2) is 18.3 Å². The van der Waals surface area contributed by atoms with Gasteiger partial charge in [0.15, 0.2) is 0 Å². The van der Waals surface area contributed by atoms with Gasteiger partial charge in [-0.05, 0) is 29.9 Å². The Morgan fingerprint density at radius 3 is 2.53 bits per heavy atom. The summed E-state index contributed by atoms with van der Waals surface area (Å²) >= 11 is 0. The summed E-state index contributed by atoms with van der Waals surface area (Å²) in [5.74, 6) is -1.05. The van der Waals surface area contributed by atoms with Crippen molar-refractivity contribution in [3.8, 4) is 0 Å². The number of aromatic nitrogens is 1. The predicted molar refractivity (Wildman–Crippen MR) is 66.0 cm³/mol. The first-order valence-corrected chi connectivity index (χ1v) is 5.82. The first-order valence-electron chi connectivity index (χ1n) is 5.82. The van der Waals surface area contributed by atoms with Gasteiger partial charge in [0, 0.05) is 17.6 Å². The van der Waals surface area contributed by atoms with E-state index in [1.807, 2.05) is 0 Å². The van der Waals surface area contributed by atoms with E-state index in [9.17, 15) is 8.78 Å². The van der Waals surface area contributed by atoms with E-state index in [0.29, 0.717) is 10.9 Å². The molecule has 92 valence electrons. The summed E-state index contributed by atoms with van der Waals surface area (Å²) < 4.78 is 26.6. The molecule has 2 rings (SSSR count). The van der Waals surface area contributed by atoms with Gasteiger partial charge in [-0.2, -0.15) is 0 Å². The molecule has 0 unspecified atom stereocenters. The van der Waals surface area contributed by atoms with Gasteiger partial charge in [-0.3, -0.25) is 0 Å². The SMILES string of the molecule is CC(C)(C)CCc1c[nH]c2c(F)cc(F)cc12. The number of hydrogen-bond acceptors (Lipinski definition) is 0. The fourth-order valence-corrected chi connectivity index (χ4v) is 1.93. The van der Waals surface area contributed by atoms with Crippen LogP contribution in [0.5, 0.6) is 0 Å². The average molecular weight is 237 g/mol. The van der Waals surface area contributed by atoms with Gasteiger partial charge in [-0.1, -0.05) is 20.8 Å². The van der Waals surface area contributed by atoms with Crippen molar-refractivity contribution in [2.24, 2.45) is 5.41 Å². The van der Waals surface area contributed by atoms with Crippen molar-refractivity contribution in [2.75, 3.05) is 0 Å². The van der Waals surface area contributed by atoms with Gasteiger partial charge in [0.05, 0.1) is 5.52 Å². The topological polar surface area (TPSA) is 15.8 Å². The number of aromatic amines is 1. The van der Waals surface area contributed by atoms with Crippen molar-refractivity contribution in [1.29, 1.82) is 0 Å². The van der Waals surface area contributed by atoms with Crippen LogP contribution in [-0.4, -0.2) is 4.98 Å². The summed E-state index contributed by atoms with van der Waals surface area (Å²) in [7, 11) is 0. The Balaban J connectivity index is 2.36. The highest BCUT2D eigenvalue weighted by Crippen LogP contribution is 2.27. The lowest BCUT2D eigenvalue weighted by Crippen LogP contribution is -2.06. The minimum absolute atomic E-state index is 0.218. The minimum atomic E-state index is -0.526. The van der Waals surface area contributed by atoms with Gasteiger partial charge >= 0.3 is 0 Å². The number of hydrogen-bond donors (Lipinski definition) is 1. The highest BCUT2D eigenvalue weighted by Gasteiger charge is 2.14. The Morgan fingerprint density at radius 2 is 1.88 bits per heavy atom. The second-order valence-electron chi connectivity index (χ2n) is 5.68. The van der Waals surface area contributed by atoms with Crippen LogP contribution in [0.4, 0.5) is 8.78 Å². The second-order valence-corrected chi connectivity index (χ2v) is 5.68. The molecule has 1 aromatic carbocycles. The van der Waals surface area contributed by atoms with E-state index in [0.717, 1.165) is 24.5 Å². The van der Waals surface area contributed by atoms with Gasteiger partial charge in [0.1, 0.15) is 11.6 Å². The van der Waals surface area contributed by atoms with Crippen molar-refractivity contribution in [3.63, 3.8) is 0 Å². The fourth-order valence-electron chi connectivity index (χ4n) is 1.93. The number of benzene rings is 1. The van der Waals surface area contributed by atoms with Crippen molar-refractivity contribution in [1.82, 2.24) is 4.98 Å². The molecular formula is C14H17F2N. The third-order valence-corrected chi connectivity index (χ3v) is 2.94. The van der Waals surface area contributed by atoms with E-state index in [2.05, 4.69) is 25.8 Å². The van der Waals surface area contributed by atoms with Crippen LogP contribution in [0.3, 0.4) is 0 Å². The molecule has 17 heavy (non-hydrogen) atoms. The zero-order chi connectivity index (χ0) is 12.6. The van der Waals surface area contributed by atoms with Crippen molar-refractivity contribution >= 4 is 10.9 Å². The molecule has 1 N–H and O–H groups in total. The normalized spacial score (nSPS) is 12.3. The van der Waals surface area contributed by atoms with E-state index >= 15 is 0 Å². The lowest BCUT2D eigenvalue weighted by Gasteiger charge is -2.17. The number of H-pyrrole nitrogens is 1. The molecule has 0 aliphatic heterocycles. The molecule has 0 fully saturated rings. The molecule has 0 aliphatic carbocycles. The summed E-state index contributed by atoms with van der Waals surface area (Å²) in [5, 5.41) is 0.659. The molecule has 0 aliphatic rings. The van der Waals surface area contributed by atoms with E-state index in [4.69, 9.17) is 0 Å². The first kappa shape index (κ1) is 12.1. The standard InChI is InChI=1S/C14H17F2N/c1-14(2,3)5-4-9-8-17-13-11(9)6-10(15)7-12(13)16/h6-8,17H,4-5H2,1-3H3. The number of aryl methyl sites for hydroxylation is 1.